The lowest BCUT2D eigenvalue weighted by Crippen LogP contribution is -2.06. The lowest BCUT2D eigenvalue weighted by molar-refractivity contribution is 0.281. The number of hydrogen-bond donors (Lipinski definition) is 1. The van der Waals surface area contributed by atoms with Crippen LogP contribution in [-0.4, -0.2) is 20.1 Å². The Bertz CT molecular complexity index is 566. The normalized spacial score (nSPS) is 10.9. The quantitative estimate of drug-likeness (QED) is 0.823. The van der Waals surface area contributed by atoms with Gasteiger partial charge in [0, 0.05) is 5.56 Å². The summed E-state index contributed by atoms with van der Waals surface area (Å²) >= 11 is 2.29. The Morgan fingerprint density at radius 2 is 2.16 bits per heavy atom. The van der Waals surface area contributed by atoms with Crippen molar-refractivity contribution in [1.82, 2.24) is 15.0 Å². The summed E-state index contributed by atoms with van der Waals surface area (Å²) in [4.78, 5) is 0. The molecule has 0 aliphatic rings. The maximum absolute atomic E-state index is 9.48. The van der Waals surface area contributed by atoms with Gasteiger partial charge >= 0.3 is 0 Å². The Balaban J connectivity index is 2.45. The molecular formula is C14H18IN3O. The second-order valence-electron chi connectivity index (χ2n) is 4.58. The molecule has 2 rings (SSSR count). The summed E-state index contributed by atoms with van der Waals surface area (Å²) in [6.07, 6.45) is 3.22. The van der Waals surface area contributed by atoms with Crippen LogP contribution in [0.15, 0.2) is 18.2 Å². The van der Waals surface area contributed by atoms with Crippen molar-refractivity contribution in [3.8, 4) is 5.69 Å². The number of nitrogens with zero attached hydrogens (tertiary/aromatic N) is 3. The highest BCUT2D eigenvalue weighted by Gasteiger charge is 2.15. The van der Waals surface area contributed by atoms with Gasteiger partial charge in [0.15, 0.2) is 0 Å². The van der Waals surface area contributed by atoms with Crippen LogP contribution in [0.5, 0.6) is 0 Å². The van der Waals surface area contributed by atoms with Gasteiger partial charge in [-0.2, -0.15) is 0 Å². The average molecular weight is 371 g/mol. The topological polar surface area (TPSA) is 50.9 Å². The zero-order valence-electron chi connectivity index (χ0n) is 11.2. The van der Waals surface area contributed by atoms with Gasteiger partial charge < -0.3 is 5.11 Å². The molecule has 0 fully saturated rings. The van der Waals surface area contributed by atoms with Gasteiger partial charge in [0.1, 0.15) is 3.70 Å². The lowest BCUT2D eigenvalue weighted by Gasteiger charge is -2.11. The first kappa shape index (κ1) is 14.5. The fourth-order valence-corrected chi connectivity index (χ4v) is 2.81. The predicted molar refractivity (Wildman–Crippen MR) is 83.3 cm³/mol. The smallest absolute Gasteiger partial charge is 0.128 e. The molecule has 102 valence electrons. The van der Waals surface area contributed by atoms with Crippen LogP contribution < -0.4 is 0 Å². The van der Waals surface area contributed by atoms with E-state index in [0.717, 1.165) is 45.5 Å². The van der Waals surface area contributed by atoms with Gasteiger partial charge in [-0.1, -0.05) is 36.8 Å². The van der Waals surface area contributed by atoms with E-state index in [2.05, 4.69) is 39.8 Å². The van der Waals surface area contributed by atoms with Crippen molar-refractivity contribution in [3.05, 3.63) is 38.7 Å². The number of hydrogen-bond acceptors (Lipinski definition) is 3. The minimum atomic E-state index is 0.0112. The van der Waals surface area contributed by atoms with E-state index in [9.17, 15) is 5.11 Å². The molecule has 0 bridgehead atoms. The second-order valence-corrected chi connectivity index (χ2v) is 5.60. The highest BCUT2D eigenvalue weighted by molar-refractivity contribution is 14.1. The molecule has 2 aromatic rings. The Hall–Kier alpha value is -0.950. The molecule has 4 nitrogen and oxygen atoms in total. The van der Waals surface area contributed by atoms with Crippen LogP contribution in [0, 0.1) is 10.6 Å². The van der Waals surface area contributed by atoms with Gasteiger partial charge in [0.25, 0.3) is 0 Å². The third-order valence-corrected chi connectivity index (χ3v) is 4.23. The van der Waals surface area contributed by atoms with Crippen LogP contribution in [-0.2, 0) is 13.0 Å². The number of aromatic nitrogens is 3. The number of aliphatic hydroxyl groups is 1. The van der Waals surface area contributed by atoms with E-state index in [-0.39, 0.29) is 6.61 Å². The number of unbranched alkanes of at least 4 members (excludes halogenated alkanes) is 1. The van der Waals surface area contributed by atoms with E-state index in [0.29, 0.717) is 0 Å². The summed E-state index contributed by atoms with van der Waals surface area (Å²) < 4.78 is 2.88. The standard InChI is InChI=1S/C14H18IN3O/c1-3-4-8-12-14(15)18(17-16-12)13-10(2)6-5-7-11(13)9-19/h5-7,19H,3-4,8-9H2,1-2H3. The van der Waals surface area contributed by atoms with E-state index < -0.39 is 0 Å². The number of para-hydroxylation sites is 1. The van der Waals surface area contributed by atoms with Crippen LogP contribution in [0.1, 0.15) is 36.6 Å². The second kappa shape index (κ2) is 6.47. The summed E-state index contributed by atoms with van der Waals surface area (Å²) in [7, 11) is 0. The molecule has 1 aromatic heterocycles. The summed E-state index contributed by atoms with van der Waals surface area (Å²) in [5.74, 6) is 0. The molecule has 0 saturated carbocycles. The van der Waals surface area contributed by atoms with Crippen LogP contribution in [0.2, 0.25) is 0 Å². The maximum Gasteiger partial charge on any atom is 0.128 e. The SMILES string of the molecule is CCCCc1nnn(-c2c(C)cccc2CO)c1I. The number of aryl methyl sites for hydroxylation is 2. The number of benzene rings is 1. The monoisotopic (exact) mass is 371 g/mol. The van der Waals surface area contributed by atoms with Gasteiger partial charge in [-0.05, 0) is 47.9 Å². The van der Waals surface area contributed by atoms with Gasteiger partial charge in [-0.3, -0.25) is 0 Å². The minimum Gasteiger partial charge on any atom is -0.392 e. The van der Waals surface area contributed by atoms with E-state index in [1.807, 2.05) is 29.8 Å². The van der Waals surface area contributed by atoms with Crippen LogP contribution >= 0.6 is 22.6 Å². The lowest BCUT2D eigenvalue weighted by atomic mass is 10.1. The van der Waals surface area contributed by atoms with Gasteiger partial charge in [0.2, 0.25) is 0 Å². The molecule has 19 heavy (non-hydrogen) atoms. The molecule has 0 unspecified atom stereocenters. The largest absolute Gasteiger partial charge is 0.392 e. The number of aliphatic hydroxyl groups excluding tert-OH is 1. The molecular weight excluding hydrogens is 353 g/mol. The molecule has 0 radical (unpaired) electrons. The van der Waals surface area contributed by atoms with Crippen molar-refractivity contribution in [1.29, 1.82) is 0 Å². The first-order valence-corrected chi connectivity index (χ1v) is 7.56. The minimum absolute atomic E-state index is 0.0112. The van der Waals surface area contributed by atoms with Crippen molar-refractivity contribution < 1.29 is 5.11 Å². The van der Waals surface area contributed by atoms with E-state index >= 15 is 0 Å². The fourth-order valence-electron chi connectivity index (χ4n) is 2.09. The highest BCUT2D eigenvalue weighted by atomic mass is 127. The summed E-state index contributed by atoms with van der Waals surface area (Å²) in [6, 6.07) is 5.90. The van der Waals surface area contributed by atoms with Crippen molar-refractivity contribution in [2.75, 3.05) is 0 Å². The third-order valence-electron chi connectivity index (χ3n) is 3.15. The molecule has 0 amide bonds. The zero-order chi connectivity index (χ0) is 13.8. The van der Waals surface area contributed by atoms with Crippen molar-refractivity contribution in [2.24, 2.45) is 0 Å². The molecule has 1 heterocycles. The summed E-state index contributed by atoms with van der Waals surface area (Å²) in [5, 5.41) is 18.0. The van der Waals surface area contributed by atoms with Crippen LogP contribution in [0.3, 0.4) is 0 Å². The molecule has 0 aliphatic heterocycles. The Morgan fingerprint density at radius 1 is 1.37 bits per heavy atom. The van der Waals surface area contributed by atoms with Crippen LogP contribution in [0.4, 0.5) is 0 Å². The van der Waals surface area contributed by atoms with Crippen molar-refractivity contribution >= 4 is 22.6 Å². The Labute approximate surface area is 127 Å². The Kier molecular flexibility index (Phi) is 4.93. The fraction of sp³-hybridized carbons (Fsp3) is 0.429. The molecule has 0 saturated heterocycles. The molecule has 5 heteroatoms. The van der Waals surface area contributed by atoms with Crippen molar-refractivity contribution in [3.63, 3.8) is 0 Å². The zero-order valence-corrected chi connectivity index (χ0v) is 13.4. The molecule has 0 aliphatic carbocycles. The van der Waals surface area contributed by atoms with Gasteiger partial charge in [0.05, 0.1) is 18.0 Å². The van der Waals surface area contributed by atoms with E-state index in [4.69, 9.17) is 0 Å². The van der Waals surface area contributed by atoms with Gasteiger partial charge in [-0.15, -0.1) is 5.10 Å². The number of rotatable bonds is 5. The summed E-state index contributed by atoms with van der Waals surface area (Å²) in [5.41, 5.74) is 3.96. The average Bonchev–Trinajstić information content (AvgIpc) is 2.77. The molecule has 1 N–H and O–H groups in total. The predicted octanol–water partition coefficient (Wildman–Crippen LogP) is 3.02. The van der Waals surface area contributed by atoms with Crippen molar-refractivity contribution in [2.45, 2.75) is 39.7 Å². The van der Waals surface area contributed by atoms with Gasteiger partial charge in [-0.25, -0.2) is 4.68 Å². The van der Waals surface area contributed by atoms with Crippen LogP contribution in [0.25, 0.3) is 5.69 Å². The molecule has 0 spiro atoms. The summed E-state index contributed by atoms with van der Waals surface area (Å²) in [6.45, 7) is 4.21. The first-order valence-electron chi connectivity index (χ1n) is 6.48. The third kappa shape index (κ3) is 2.97. The Morgan fingerprint density at radius 3 is 2.84 bits per heavy atom. The first-order chi connectivity index (χ1) is 9.19. The number of halogens is 1. The highest BCUT2D eigenvalue weighted by Crippen LogP contribution is 2.23. The van der Waals surface area contributed by atoms with E-state index in [1.165, 1.54) is 0 Å². The molecule has 1 aromatic carbocycles. The van der Waals surface area contributed by atoms with E-state index in [1.54, 1.807) is 0 Å². The maximum atomic E-state index is 9.48. The molecule has 0 atom stereocenters.